The summed E-state index contributed by atoms with van der Waals surface area (Å²) in [5.74, 6) is 1.01. The molecule has 0 unspecified atom stereocenters. The minimum atomic E-state index is -0.00863. The molecule has 1 rings (SSSR count). The second kappa shape index (κ2) is 5.74. The van der Waals surface area contributed by atoms with Gasteiger partial charge in [-0.05, 0) is 52.8 Å². The van der Waals surface area contributed by atoms with Gasteiger partial charge in [-0.15, -0.1) is 0 Å². The highest BCUT2D eigenvalue weighted by atomic mass is 32.1. The van der Waals surface area contributed by atoms with Gasteiger partial charge in [-0.25, -0.2) is 0 Å². The SMILES string of the molecule is CC1(C)CN(CCCCCS)CC(C)(C)O1. The molecule has 1 saturated heterocycles. The lowest BCUT2D eigenvalue weighted by atomic mass is 9.98. The number of nitrogens with zero attached hydrogens (tertiary/aromatic N) is 1. The molecule has 1 fully saturated rings. The molecule has 0 atom stereocenters. The number of hydrogen-bond acceptors (Lipinski definition) is 3. The largest absolute Gasteiger partial charge is 0.367 e. The van der Waals surface area contributed by atoms with E-state index in [1.165, 1.54) is 25.8 Å². The predicted molar refractivity (Wildman–Crippen MR) is 73.4 cm³/mol. The Morgan fingerprint density at radius 3 is 2.06 bits per heavy atom. The van der Waals surface area contributed by atoms with Gasteiger partial charge < -0.3 is 4.74 Å². The van der Waals surface area contributed by atoms with Crippen molar-refractivity contribution < 1.29 is 4.74 Å². The van der Waals surface area contributed by atoms with Crippen molar-refractivity contribution in [3.63, 3.8) is 0 Å². The fourth-order valence-corrected chi connectivity index (χ4v) is 2.95. The molecule has 0 spiro atoms. The Morgan fingerprint density at radius 2 is 1.56 bits per heavy atom. The Morgan fingerprint density at radius 1 is 1.00 bits per heavy atom. The molecule has 0 bridgehead atoms. The van der Waals surface area contributed by atoms with E-state index in [0.29, 0.717) is 0 Å². The third-order valence-corrected chi connectivity index (χ3v) is 3.21. The number of rotatable bonds is 5. The first-order valence-electron chi connectivity index (χ1n) is 6.38. The summed E-state index contributed by atoms with van der Waals surface area (Å²) < 4.78 is 6.06. The fraction of sp³-hybridized carbons (Fsp3) is 1.00. The summed E-state index contributed by atoms with van der Waals surface area (Å²) in [5.41, 5.74) is -0.0173. The van der Waals surface area contributed by atoms with Crippen LogP contribution in [0.4, 0.5) is 0 Å². The van der Waals surface area contributed by atoms with E-state index >= 15 is 0 Å². The number of hydrogen-bond donors (Lipinski definition) is 1. The fourth-order valence-electron chi connectivity index (χ4n) is 2.73. The number of morpholine rings is 1. The lowest BCUT2D eigenvalue weighted by molar-refractivity contribution is -0.180. The van der Waals surface area contributed by atoms with Crippen LogP contribution >= 0.6 is 12.6 Å². The predicted octanol–water partition coefficient (Wildman–Crippen LogP) is 2.98. The van der Waals surface area contributed by atoms with Crippen LogP contribution in [0.15, 0.2) is 0 Å². The second-order valence-electron chi connectivity index (χ2n) is 6.12. The minimum absolute atomic E-state index is 0.00863. The molecule has 2 nitrogen and oxygen atoms in total. The molecule has 0 saturated carbocycles. The molecule has 0 aliphatic carbocycles. The van der Waals surface area contributed by atoms with Crippen LogP contribution < -0.4 is 0 Å². The Kier molecular flexibility index (Phi) is 5.14. The molecule has 0 aromatic carbocycles. The number of thiol groups is 1. The Bertz CT molecular complexity index is 200. The zero-order valence-corrected chi connectivity index (χ0v) is 12.1. The molecule has 0 aromatic heterocycles. The van der Waals surface area contributed by atoms with Crippen molar-refractivity contribution >= 4 is 12.6 Å². The summed E-state index contributed by atoms with van der Waals surface area (Å²) in [6.07, 6.45) is 3.81. The van der Waals surface area contributed by atoms with E-state index in [9.17, 15) is 0 Å². The molecule has 3 heteroatoms. The van der Waals surface area contributed by atoms with Crippen LogP contribution in [0.1, 0.15) is 47.0 Å². The van der Waals surface area contributed by atoms with Gasteiger partial charge in [-0.1, -0.05) is 6.42 Å². The first-order chi connectivity index (χ1) is 7.35. The van der Waals surface area contributed by atoms with Gasteiger partial charge >= 0.3 is 0 Å². The molecule has 0 N–H and O–H groups in total. The lowest BCUT2D eigenvalue weighted by Crippen LogP contribution is -2.57. The molecular weight excluding hydrogens is 218 g/mol. The third-order valence-electron chi connectivity index (χ3n) is 2.89. The molecule has 1 aliphatic heterocycles. The van der Waals surface area contributed by atoms with E-state index in [-0.39, 0.29) is 11.2 Å². The van der Waals surface area contributed by atoms with Crippen LogP contribution in [-0.2, 0) is 4.74 Å². The van der Waals surface area contributed by atoms with Crippen molar-refractivity contribution in [1.82, 2.24) is 4.90 Å². The first kappa shape index (κ1) is 14.3. The van der Waals surface area contributed by atoms with Gasteiger partial charge in [0.2, 0.25) is 0 Å². The van der Waals surface area contributed by atoms with Gasteiger partial charge in [0.25, 0.3) is 0 Å². The monoisotopic (exact) mass is 245 g/mol. The van der Waals surface area contributed by atoms with E-state index in [0.717, 1.165) is 18.8 Å². The summed E-state index contributed by atoms with van der Waals surface area (Å²) >= 11 is 4.24. The smallest absolute Gasteiger partial charge is 0.0760 e. The van der Waals surface area contributed by atoms with Crippen LogP contribution in [-0.4, -0.2) is 41.5 Å². The summed E-state index contributed by atoms with van der Waals surface area (Å²) in [7, 11) is 0. The molecule has 0 aromatic rings. The second-order valence-corrected chi connectivity index (χ2v) is 6.56. The molecule has 0 amide bonds. The standard InChI is InChI=1S/C13H27NOS/c1-12(2)10-14(8-6-5-7-9-16)11-13(3,4)15-12/h16H,5-11H2,1-4H3. The van der Waals surface area contributed by atoms with Crippen molar-refractivity contribution in [3.05, 3.63) is 0 Å². The zero-order valence-electron chi connectivity index (χ0n) is 11.3. The summed E-state index contributed by atoms with van der Waals surface area (Å²) in [4.78, 5) is 2.54. The minimum Gasteiger partial charge on any atom is -0.367 e. The molecule has 1 heterocycles. The molecule has 0 radical (unpaired) electrons. The Hall–Kier alpha value is 0.270. The summed E-state index contributed by atoms with van der Waals surface area (Å²) in [6, 6.07) is 0. The maximum atomic E-state index is 6.06. The highest BCUT2D eigenvalue weighted by Gasteiger charge is 2.37. The summed E-state index contributed by atoms with van der Waals surface area (Å²) in [5, 5.41) is 0. The van der Waals surface area contributed by atoms with Gasteiger partial charge in [0.05, 0.1) is 11.2 Å². The zero-order chi connectivity index (χ0) is 12.2. The number of ether oxygens (including phenoxy) is 1. The average Bonchev–Trinajstić information content (AvgIpc) is 2.07. The van der Waals surface area contributed by atoms with Gasteiger partial charge in [0, 0.05) is 13.1 Å². The van der Waals surface area contributed by atoms with E-state index in [2.05, 4.69) is 45.2 Å². The van der Waals surface area contributed by atoms with Crippen molar-refractivity contribution in [2.75, 3.05) is 25.4 Å². The van der Waals surface area contributed by atoms with Crippen LogP contribution in [0.2, 0.25) is 0 Å². The quantitative estimate of drug-likeness (QED) is 0.590. The van der Waals surface area contributed by atoms with E-state index in [4.69, 9.17) is 4.74 Å². The van der Waals surface area contributed by atoms with Crippen molar-refractivity contribution in [2.45, 2.75) is 58.2 Å². The normalized spacial score (nSPS) is 24.6. The molecule has 96 valence electrons. The van der Waals surface area contributed by atoms with Crippen LogP contribution in [0.5, 0.6) is 0 Å². The Labute approximate surface area is 106 Å². The maximum Gasteiger partial charge on any atom is 0.0760 e. The van der Waals surface area contributed by atoms with Crippen molar-refractivity contribution in [2.24, 2.45) is 0 Å². The third kappa shape index (κ3) is 5.07. The maximum absolute atomic E-state index is 6.06. The van der Waals surface area contributed by atoms with Crippen LogP contribution in [0, 0.1) is 0 Å². The van der Waals surface area contributed by atoms with Crippen LogP contribution in [0.25, 0.3) is 0 Å². The van der Waals surface area contributed by atoms with Crippen molar-refractivity contribution in [1.29, 1.82) is 0 Å². The van der Waals surface area contributed by atoms with Gasteiger partial charge in [0.15, 0.2) is 0 Å². The summed E-state index contributed by atoms with van der Waals surface area (Å²) in [6.45, 7) is 12.1. The highest BCUT2D eigenvalue weighted by molar-refractivity contribution is 7.80. The number of unbranched alkanes of at least 4 members (excludes halogenated alkanes) is 2. The van der Waals surface area contributed by atoms with E-state index in [1.54, 1.807) is 0 Å². The van der Waals surface area contributed by atoms with E-state index in [1.807, 2.05) is 0 Å². The molecule has 1 aliphatic rings. The highest BCUT2D eigenvalue weighted by Crippen LogP contribution is 2.28. The Balaban J connectivity index is 2.36. The molecule has 16 heavy (non-hydrogen) atoms. The molecular formula is C13H27NOS. The first-order valence-corrected chi connectivity index (χ1v) is 7.01. The van der Waals surface area contributed by atoms with Crippen molar-refractivity contribution in [3.8, 4) is 0 Å². The van der Waals surface area contributed by atoms with Gasteiger partial charge in [0.1, 0.15) is 0 Å². The van der Waals surface area contributed by atoms with E-state index < -0.39 is 0 Å². The van der Waals surface area contributed by atoms with Gasteiger partial charge in [-0.2, -0.15) is 12.6 Å². The van der Waals surface area contributed by atoms with Gasteiger partial charge in [-0.3, -0.25) is 4.90 Å². The van der Waals surface area contributed by atoms with Crippen LogP contribution in [0.3, 0.4) is 0 Å². The topological polar surface area (TPSA) is 12.5 Å². The lowest BCUT2D eigenvalue weighted by Gasteiger charge is -2.47. The average molecular weight is 245 g/mol.